The minimum absolute atomic E-state index is 0.327. The molecule has 0 aromatic carbocycles. The van der Waals surface area contributed by atoms with Crippen LogP contribution in [0.3, 0.4) is 0 Å². The van der Waals surface area contributed by atoms with Crippen molar-refractivity contribution in [3.63, 3.8) is 0 Å². The number of guanidine groups is 1. The van der Waals surface area contributed by atoms with Crippen LogP contribution in [0.2, 0.25) is 0 Å². The molecule has 2 fully saturated rings. The first-order valence-electron chi connectivity index (χ1n) is 10.2. The van der Waals surface area contributed by atoms with Crippen LogP contribution in [0.25, 0.3) is 0 Å². The summed E-state index contributed by atoms with van der Waals surface area (Å²) in [5.41, 5.74) is 0. The molecule has 6 nitrogen and oxygen atoms in total. The Bertz CT molecular complexity index is 432. The van der Waals surface area contributed by atoms with Gasteiger partial charge in [0.25, 0.3) is 0 Å². The highest BCUT2D eigenvalue weighted by molar-refractivity contribution is 5.80. The van der Waals surface area contributed by atoms with E-state index >= 15 is 0 Å². The Morgan fingerprint density at radius 3 is 2.60 bits per heavy atom. The predicted molar refractivity (Wildman–Crippen MR) is 104 cm³/mol. The number of hydrogen-bond acceptors (Lipinski definition) is 3. The minimum Gasteiger partial charge on any atom is -0.356 e. The molecule has 0 bridgehead atoms. The van der Waals surface area contributed by atoms with Gasteiger partial charge in [-0.25, -0.2) is 0 Å². The van der Waals surface area contributed by atoms with Gasteiger partial charge in [-0.05, 0) is 45.1 Å². The predicted octanol–water partition coefficient (Wildman–Crippen LogP) is 1.82. The average Bonchev–Trinajstić information content (AvgIpc) is 3.05. The number of carbonyl (C=O) groups is 1. The zero-order valence-electron chi connectivity index (χ0n) is 16.4. The molecule has 0 spiro atoms. The second kappa shape index (κ2) is 10.6. The summed E-state index contributed by atoms with van der Waals surface area (Å²) in [4.78, 5) is 20.9. The van der Waals surface area contributed by atoms with Gasteiger partial charge in [-0.15, -0.1) is 0 Å². The molecule has 0 aromatic heterocycles. The molecule has 1 atom stereocenters. The van der Waals surface area contributed by atoms with Crippen LogP contribution in [0.1, 0.15) is 58.8 Å². The number of nitrogens with zero attached hydrogens (tertiary/aromatic N) is 3. The molecule has 1 amide bonds. The maximum absolute atomic E-state index is 11.9. The van der Waals surface area contributed by atoms with Crippen LogP contribution in [0.4, 0.5) is 0 Å². The molecule has 0 radical (unpaired) electrons. The van der Waals surface area contributed by atoms with E-state index in [4.69, 9.17) is 0 Å². The van der Waals surface area contributed by atoms with Crippen molar-refractivity contribution < 1.29 is 4.79 Å². The van der Waals surface area contributed by atoms with Crippen molar-refractivity contribution in [1.82, 2.24) is 20.4 Å². The first kappa shape index (κ1) is 20.0. The molecule has 2 aliphatic heterocycles. The van der Waals surface area contributed by atoms with E-state index in [9.17, 15) is 4.79 Å². The smallest absolute Gasteiger partial charge is 0.222 e. The highest BCUT2D eigenvalue weighted by Gasteiger charge is 2.26. The second-order valence-electron chi connectivity index (χ2n) is 7.30. The summed E-state index contributed by atoms with van der Waals surface area (Å²) in [5, 5.41) is 7.01. The van der Waals surface area contributed by atoms with Crippen LogP contribution < -0.4 is 10.6 Å². The molecule has 2 N–H and O–H groups in total. The van der Waals surface area contributed by atoms with E-state index in [-0.39, 0.29) is 0 Å². The third-order valence-corrected chi connectivity index (χ3v) is 5.48. The van der Waals surface area contributed by atoms with Crippen LogP contribution in [-0.2, 0) is 4.79 Å². The molecular formula is C19H37N5O. The summed E-state index contributed by atoms with van der Waals surface area (Å²) < 4.78 is 0. The van der Waals surface area contributed by atoms with E-state index in [1.807, 2.05) is 7.05 Å². The molecule has 6 heteroatoms. The lowest BCUT2D eigenvalue weighted by atomic mass is 10.1. The van der Waals surface area contributed by atoms with Gasteiger partial charge in [0, 0.05) is 51.7 Å². The SMILES string of the molecule is CCCN1CCC(NC(=NC)NCCC(CC)N2CCCC2=O)CC1. The zero-order valence-corrected chi connectivity index (χ0v) is 16.4. The number of carbonyl (C=O) groups excluding carboxylic acids is 1. The van der Waals surface area contributed by atoms with Crippen LogP contribution in [0.5, 0.6) is 0 Å². The first-order chi connectivity index (χ1) is 12.2. The Balaban J connectivity index is 1.69. The molecule has 144 valence electrons. The highest BCUT2D eigenvalue weighted by Crippen LogP contribution is 2.17. The Hall–Kier alpha value is -1.30. The van der Waals surface area contributed by atoms with Crippen molar-refractivity contribution in [2.24, 2.45) is 4.99 Å². The monoisotopic (exact) mass is 351 g/mol. The molecule has 2 aliphatic rings. The minimum atomic E-state index is 0.327. The van der Waals surface area contributed by atoms with E-state index in [1.165, 1.54) is 38.9 Å². The summed E-state index contributed by atoms with van der Waals surface area (Å²) in [7, 11) is 1.84. The molecule has 25 heavy (non-hydrogen) atoms. The normalized spacial score (nSPS) is 21.6. The largest absolute Gasteiger partial charge is 0.356 e. The number of nitrogens with one attached hydrogen (secondary N) is 2. The maximum Gasteiger partial charge on any atom is 0.222 e. The molecule has 0 aromatic rings. The topological polar surface area (TPSA) is 60.0 Å². The molecule has 2 heterocycles. The summed E-state index contributed by atoms with van der Waals surface area (Å²) in [6, 6.07) is 0.874. The van der Waals surface area contributed by atoms with Crippen molar-refractivity contribution in [3.8, 4) is 0 Å². The summed E-state index contributed by atoms with van der Waals surface area (Å²) in [5.74, 6) is 1.23. The Labute approximate surface area is 153 Å². The standard InChI is InChI=1S/C19H37N5O/c1-4-12-23-14-9-16(10-15-23)22-19(20-3)21-11-8-17(5-2)24-13-6-7-18(24)25/h16-17H,4-15H2,1-3H3,(H2,20,21,22). The lowest BCUT2D eigenvalue weighted by Crippen LogP contribution is -2.49. The molecule has 0 aliphatic carbocycles. The van der Waals surface area contributed by atoms with Gasteiger partial charge in [-0.1, -0.05) is 13.8 Å². The molecule has 0 saturated carbocycles. The Kier molecular flexibility index (Phi) is 8.52. The Morgan fingerprint density at radius 1 is 1.28 bits per heavy atom. The van der Waals surface area contributed by atoms with Gasteiger partial charge < -0.3 is 20.4 Å². The van der Waals surface area contributed by atoms with Gasteiger partial charge in [0.05, 0.1) is 0 Å². The van der Waals surface area contributed by atoms with Crippen molar-refractivity contribution in [2.45, 2.75) is 70.9 Å². The van der Waals surface area contributed by atoms with Crippen LogP contribution >= 0.6 is 0 Å². The van der Waals surface area contributed by atoms with E-state index in [1.54, 1.807) is 0 Å². The molecule has 2 saturated heterocycles. The van der Waals surface area contributed by atoms with Crippen molar-refractivity contribution in [3.05, 3.63) is 0 Å². The number of likely N-dealkylation sites (tertiary alicyclic amines) is 2. The highest BCUT2D eigenvalue weighted by atomic mass is 16.2. The lowest BCUT2D eigenvalue weighted by Gasteiger charge is -2.33. The maximum atomic E-state index is 11.9. The van der Waals surface area contributed by atoms with Gasteiger partial charge in [0.2, 0.25) is 5.91 Å². The quantitative estimate of drug-likeness (QED) is 0.517. The van der Waals surface area contributed by atoms with E-state index in [0.29, 0.717) is 18.0 Å². The number of aliphatic imine (C=N–C) groups is 1. The van der Waals surface area contributed by atoms with E-state index < -0.39 is 0 Å². The van der Waals surface area contributed by atoms with Crippen molar-refractivity contribution in [2.75, 3.05) is 39.8 Å². The zero-order chi connectivity index (χ0) is 18.1. The van der Waals surface area contributed by atoms with Gasteiger partial charge in [0.1, 0.15) is 0 Å². The number of amides is 1. The fourth-order valence-corrected chi connectivity index (χ4v) is 4.00. The van der Waals surface area contributed by atoms with Gasteiger partial charge in [0.15, 0.2) is 5.96 Å². The summed E-state index contributed by atoms with van der Waals surface area (Å²) in [6.07, 6.45) is 7.35. The number of hydrogen-bond donors (Lipinski definition) is 2. The van der Waals surface area contributed by atoms with Crippen molar-refractivity contribution >= 4 is 11.9 Å². The second-order valence-corrected chi connectivity index (χ2v) is 7.30. The number of rotatable bonds is 8. The molecule has 2 rings (SSSR count). The fraction of sp³-hybridized carbons (Fsp3) is 0.895. The molecule has 1 unspecified atom stereocenters. The van der Waals surface area contributed by atoms with Gasteiger partial charge in [-0.3, -0.25) is 9.79 Å². The van der Waals surface area contributed by atoms with E-state index in [2.05, 4.69) is 39.3 Å². The van der Waals surface area contributed by atoms with Crippen molar-refractivity contribution in [1.29, 1.82) is 0 Å². The third kappa shape index (κ3) is 6.17. The Morgan fingerprint density at radius 2 is 2.04 bits per heavy atom. The summed E-state index contributed by atoms with van der Waals surface area (Å²) in [6.45, 7) is 9.78. The van der Waals surface area contributed by atoms with Crippen LogP contribution in [-0.4, -0.2) is 73.5 Å². The number of piperidine rings is 1. The van der Waals surface area contributed by atoms with Gasteiger partial charge >= 0.3 is 0 Å². The van der Waals surface area contributed by atoms with E-state index in [0.717, 1.165) is 44.7 Å². The third-order valence-electron chi connectivity index (χ3n) is 5.48. The lowest BCUT2D eigenvalue weighted by molar-refractivity contribution is -0.129. The van der Waals surface area contributed by atoms with Crippen LogP contribution in [0.15, 0.2) is 4.99 Å². The molecular weight excluding hydrogens is 314 g/mol. The van der Waals surface area contributed by atoms with Gasteiger partial charge in [-0.2, -0.15) is 0 Å². The van der Waals surface area contributed by atoms with Crippen LogP contribution in [0, 0.1) is 0 Å². The average molecular weight is 352 g/mol. The summed E-state index contributed by atoms with van der Waals surface area (Å²) >= 11 is 0. The first-order valence-corrected chi connectivity index (χ1v) is 10.2. The fourth-order valence-electron chi connectivity index (χ4n) is 4.00.